The SMILES string of the molecule is CC(C)(C)NCCCC(=O)OC(C)(C)C. The molecule has 0 aliphatic carbocycles. The fourth-order valence-electron chi connectivity index (χ4n) is 1.09. The lowest BCUT2D eigenvalue weighted by Crippen LogP contribution is -2.36. The highest BCUT2D eigenvalue weighted by Crippen LogP contribution is 2.09. The third-order valence-electron chi connectivity index (χ3n) is 1.63. The first-order valence-corrected chi connectivity index (χ1v) is 5.57. The Morgan fingerprint density at radius 2 is 1.67 bits per heavy atom. The first-order valence-electron chi connectivity index (χ1n) is 5.57. The van der Waals surface area contributed by atoms with E-state index in [9.17, 15) is 4.79 Å². The number of hydrogen-bond acceptors (Lipinski definition) is 3. The molecular formula is C12H25NO2. The Balaban J connectivity index is 3.57. The lowest BCUT2D eigenvalue weighted by atomic mass is 10.1. The topological polar surface area (TPSA) is 38.3 Å². The van der Waals surface area contributed by atoms with E-state index < -0.39 is 0 Å². The van der Waals surface area contributed by atoms with E-state index in [2.05, 4.69) is 26.1 Å². The Labute approximate surface area is 93.6 Å². The highest BCUT2D eigenvalue weighted by molar-refractivity contribution is 5.69. The molecule has 0 aliphatic heterocycles. The Kier molecular flexibility index (Phi) is 5.29. The minimum Gasteiger partial charge on any atom is -0.460 e. The third kappa shape index (κ3) is 11.4. The van der Waals surface area contributed by atoms with Gasteiger partial charge in [0.25, 0.3) is 0 Å². The Morgan fingerprint density at radius 3 is 2.07 bits per heavy atom. The van der Waals surface area contributed by atoms with Gasteiger partial charge in [-0.25, -0.2) is 0 Å². The summed E-state index contributed by atoms with van der Waals surface area (Å²) < 4.78 is 5.20. The molecule has 1 N–H and O–H groups in total. The van der Waals surface area contributed by atoms with Crippen molar-refractivity contribution in [1.82, 2.24) is 5.32 Å². The average molecular weight is 215 g/mol. The Bertz CT molecular complexity index is 199. The van der Waals surface area contributed by atoms with Crippen molar-refractivity contribution >= 4 is 5.97 Å². The van der Waals surface area contributed by atoms with Crippen molar-refractivity contribution < 1.29 is 9.53 Å². The standard InChI is InChI=1S/C12H25NO2/c1-11(2,3)13-9-7-8-10(14)15-12(4,5)6/h13H,7-9H2,1-6H3. The maximum atomic E-state index is 11.3. The minimum atomic E-state index is -0.367. The number of rotatable bonds is 4. The summed E-state index contributed by atoms with van der Waals surface area (Å²) in [6, 6.07) is 0. The molecule has 0 unspecified atom stereocenters. The van der Waals surface area contributed by atoms with Gasteiger partial charge in [-0.1, -0.05) is 0 Å². The fourth-order valence-corrected chi connectivity index (χ4v) is 1.09. The highest BCUT2D eigenvalue weighted by atomic mass is 16.6. The molecule has 0 aromatic heterocycles. The van der Waals surface area contributed by atoms with Crippen LogP contribution in [-0.2, 0) is 9.53 Å². The van der Waals surface area contributed by atoms with Crippen molar-refractivity contribution in [3.63, 3.8) is 0 Å². The lowest BCUT2D eigenvalue weighted by molar-refractivity contribution is -0.154. The zero-order valence-corrected chi connectivity index (χ0v) is 10.9. The summed E-state index contributed by atoms with van der Waals surface area (Å²) in [6.45, 7) is 12.8. The van der Waals surface area contributed by atoms with Crippen molar-refractivity contribution in [3.05, 3.63) is 0 Å². The van der Waals surface area contributed by atoms with Crippen LogP contribution in [0.1, 0.15) is 54.4 Å². The van der Waals surface area contributed by atoms with Gasteiger partial charge in [-0.3, -0.25) is 4.79 Å². The molecule has 0 amide bonds. The van der Waals surface area contributed by atoms with Crippen molar-refractivity contribution in [3.8, 4) is 0 Å². The summed E-state index contributed by atoms with van der Waals surface area (Å²) in [5, 5.41) is 3.33. The van der Waals surface area contributed by atoms with Gasteiger partial charge < -0.3 is 10.1 Å². The van der Waals surface area contributed by atoms with Crippen LogP contribution in [0.5, 0.6) is 0 Å². The van der Waals surface area contributed by atoms with Crippen LogP contribution in [0.15, 0.2) is 0 Å². The van der Waals surface area contributed by atoms with Gasteiger partial charge in [-0.2, -0.15) is 0 Å². The molecule has 0 heterocycles. The molecular weight excluding hydrogens is 190 g/mol. The summed E-state index contributed by atoms with van der Waals surface area (Å²) in [7, 11) is 0. The molecule has 0 aliphatic rings. The molecule has 90 valence electrons. The summed E-state index contributed by atoms with van der Waals surface area (Å²) in [6.07, 6.45) is 1.31. The Hall–Kier alpha value is -0.570. The first-order chi connectivity index (χ1) is 6.60. The summed E-state index contributed by atoms with van der Waals surface area (Å²) >= 11 is 0. The van der Waals surface area contributed by atoms with E-state index in [1.165, 1.54) is 0 Å². The van der Waals surface area contributed by atoms with Gasteiger partial charge in [-0.05, 0) is 54.5 Å². The minimum absolute atomic E-state index is 0.113. The third-order valence-corrected chi connectivity index (χ3v) is 1.63. The molecule has 15 heavy (non-hydrogen) atoms. The van der Waals surface area contributed by atoms with Crippen LogP contribution in [0.2, 0.25) is 0 Å². The summed E-state index contributed by atoms with van der Waals surface area (Å²) in [4.78, 5) is 11.3. The number of carbonyl (C=O) groups excluding carboxylic acids is 1. The van der Waals surface area contributed by atoms with Crippen LogP contribution in [0.25, 0.3) is 0 Å². The van der Waals surface area contributed by atoms with Crippen LogP contribution < -0.4 is 5.32 Å². The van der Waals surface area contributed by atoms with Gasteiger partial charge in [0.1, 0.15) is 5.60 Å². The van der Waals surface area contributed by atoms with E-state index in [1.807, 2.05) is 20.8 Å². The van der Waals surface area contributed by atoms with E-state index >= 15 is 0 Å². The van der Waals surface area contributed by atoms with Gasteiger partial charge in [0, 0.05) is 12.0 Å². The van der Waals surface area contributed by atoms with E-state index in [1.54, 1.807) is 0 Å². The largest absolute Gasteiger partial charge is 0.460 e. The molecule has 0 atom stereocenters. The second-order valence-corrected chi connectivity index (χ2v) is 5.87. The first kappa shape index (κ1) is 14.4. The summed E-state index contributed by atoms with van der Waals surface area (Å²) in [5.41, 5.74) is -0.248. The van der Waals surface area contributed by atoms with E-state index in [-0.39, 0.29) is 17.1 Å². The number of hydrogen-bond donors (Lipinski definition) is 1. The summed E-state index contributed by atoms with van der Waals surface area (Å²) in [5.74, 6) is -0.113. The van der Waals surface area contributed by atoms with Gasteiger partial charge in [0.2, 0.25) is 0 Å². The number of ether oxygens (including phenoxy) is 1. The second kappa shape index (κ2) is 5.50. The van der Waals surface area contributed by atoms with Crippen LogP contribution in [0.4, 0.5) is 0 Å². The molecule has 0 aromatic carbocycles. The number of esters is 1. The van der Waals surface area contributed by atoms with Gasteiger partial charge >= 0.3 is 5.97 Å². The van der Waals surface area contributed by atoms with Crippen molar-refractivity contribution in [2.45, 2.75) is 65.5 Å². The predicted octanol–water partition coefficient (Wildman–Crippen LogP) is 2.50. The Morgan fingerprint density at radius 1 is 1.13 bits per heavy atom. The highest BCUT2D eigenvalue weighted by Gasteiger charge is 2.16. The lowest BCUT2D eigenvalue weighted by Gasteiger charge is -2.21. The molecule has 0 spiro atoms. The molecule has 3 heteroatoms. The van der Waals surface area contributed by atoms with Gasteiger partial charge in [0.15, 0.2) is 0 Å². The van der Waals surface area contributed by atoms with Crippen LogP contribution in [0.3, 0.4) is 0 Å². The monoisotopic (exact) mass is 215 g/mol. The smallest absolute Gasteiger partial charge is 0.306 e. The molecule has 0 rings (SSSR count). The molecule has 3 nitrogen and oxygen atoms in total. The second-order valence-electron chi connectivity index (χ2n) is 5.87. The maximum Gasteiger partial charge on any atom is 0.306 e. The van der Waals surface area contributed by atoms with Gasteiger partial charge in [-0.15, -0.1) is 0 Å². The molecule has 0 aromatic rings. The normalized spacial score (nSPS) is 12.7. The molecule has 0 saturated heterocycles. The number of nitrogens with one attached hydrogen (secondary N) is 1. The van der Waals surface area contributed by atoms with Crippen LogP contribution >= 0.6 is 0 Å². The zero-order chi connectivity index (χ0) is 12.1. The van der Waals surface area contributed by atoms with Crippen molar-refractivity contribution in [2.24, 2.45) is 0 Å². The van der Waals surface area contributed by atoms with Gasteiger partial charge in [0.05, 0.1) is 0 Å². The molecule has 0 fully saturated rings. The number of carbonyl (C=O) groups is 1. The molecule has 0 bridgehead atoms. The van der Waals surface area contributed by atoms with Crippen LogP contribution in [-0.4, -0.2) is 23.7 Å². The quantitative estimate of drug-likeness (QED) is 0.578. The predicted molar refractivity (Wildman–Crippen MR) is 62.8 cm³/mol. The van der Waals surface area contributed by atoms with Crippen molar-refractivity contribution in [2.75, 3.05) is 6.54 Å². The maximum absolute atomic E-state index is 11.3. The van der Waals surface area contributed by atoms with E-state index in [4.69, 9.17) is 4.74 Å². The average Bonchev–Trinajstić information content (AvgIpc) is 1.92. The van der Waals surface area contributed by atoms with E-state index in [0.29, 0.717) is 6.42 Å². The molecule has 0 radical (unpaired) electrons. The van der Waals surface area contributed by atoms with Crippen molar-refractivity contribution in [1.29, 1.82) is 0 Å². The fraction of sp³-hybridized carbons (Fsp3) is 0.917. The zero-order valence-electron chi connectivity index (χ0n) is 10.9. The van der Waals surface area contributed by atoms with Crippen LogP contribution in [0, 0.1) is 0 Å². The molecule has 0 saturated carbocycles. The van der Waals surface area contributed by atoms with E-state index in [0.717, 1.165) is 13.0 Å².